The van der Waals surface area contributed by atoms with Crippen LogP contribution in [0.5, 0.6) is 0 Å². The van der Waals surface area contributed by atoms with E-state index >= 15 is 0 Å². The number of anilines is 2. The van der Waals surface area contributed by atoms with E-state index in [1.165, 1.54) is 0 Å². The molecule has 0 fully saturated rings. The molecule has 0 aliphatic heterocycles. The number of nitrogens with zero attached hydrogens (tertiary/aromatic N) is 2. The lowest BCUT2D eigenvalue weighted by Crippen LogP contribution is -2.11. The average molecular weight is 255 g/mol. The van der Waals surface area contributed by atoms with Gasteiger partial charge < -0.3 is 11.5 Å². The summed E-state index contributed by atoms with van der Waals surface area (Å²) in [6.07, 6.45) is 8.00. The number of rotatable bonds is 1. The van der Waals surface area contributed by atoms with Crippen LogP contribution in [0.1, 0.15) is 5.56 Å². The van der Waals surface area contributed by atoms with E-state index in [0.717, 1.165) is 22.7 Å². The van der Waals surface area contributed by atoms with E-state index in [0.29, 0.717) is 11.4 Å². The van der Waals surface area contributed by atoms with Crippen LogP contribution in [0.15, 0.2) is 41.4 Å². The van der Waals surface area contributed by atoms with Gasteiger partial charge in [0, 0.05) is 17.8 Å². The highest BCUT2D eigenvalue weighted by molar-refractivity contribution is 6.17. The maximum absolute atomic E-state index is 5.93. The number of aliphatic imine (C=N–C) groups is 1. The van der Waals surface area contributed by atoms with Crippen molar-refractivity contribution in [2.45, 2.75) is 6.92 Å². The molecular formula is C15H19N4+. The molecule has 4 nitrogen and oxygen atoms in total. The molecule has 1 aliphatic rings. The number of nitrogens with two attached hydrogens (primary N) is 2. The average Bonchev–Trinajstić information content (AvgIpc) is 2.36. The molecule has 0 aromatic heterocycles. The first-order chi connectivity index (χ1) is 8.97. The highest BCUT2D eigenvalue weighted by Crippen LogP contribution is 2.28. The van der Waals surface area contributed by atoms with Crippen molar-refractivity contribution in [3.05, 3.63) is 42.0 Å². The lowest BCUT2D eigenvalue weighted by Gasteiger charge is -2.07. The molecule has 0 saturated heterocycles. The predicted molar refractivity (Wildman–Crippen MR) is 82.5 cm³/mol. The Morgan fingerprint density at radius 1 is 0.947 bits per heavy atom. The molecular weight excluding hydrogens is 236 g/mol. The van der Waals surface area contributed by atoms with E-state index in [-0.39, 0.29) is 0 Å². The van der Waals surface area contributed by atoms with E-state index < -0.39 is 0 Å². The Morgan fingerprint density at radius 3 is 2.16 bits per heavy atom. The van der Waals surface area contributed by atoms with Gasteiger partial charge in [0.2, 0.25) is 0 Å². The van der Waals surface area contributed by atoms with Crippen LogP contribution >= 0.6 is 0 Å². The molecule has 0 spiro atoms. The van der Waals surface area contributed by atoms with Crippen LogP contribution in [0.4, 0.5) is 17.1 Å². The number of benzene rings is 1. The summed E-state index contributed by atoms with van der Waals surface area (Å²) >= 11 is 0. The van der Waals surface area contributed by atoms with Gasteiger partial charge in [0.1, 0.15) is 14.1 Å². The van der Waals surface area contributed by atoms with Gasteiger partial charge in [0.15, 0.2) is 5.71 Å². The lowest BCUT2D eigenvalue weighted by molar-refractivity contribution is -0.462. The van der Waals surface area contributed by atoms with Gasteiger partial charge in [-0.05, 0) is 36.8 Å². The normalized spacial score (nSPS) is 13.8. The molecule has 98 valence electrons. The van der Waals surface area contributed by atoms with Crippen LogP contribution in [0.3, 0.4) is 0 Å². The summed E-state index contributed by atoms with van der Waals surface area (Å²) < 4.78 is 2.05. The van der Waals surface area contributed by atoms with Crippen LogP contribution in [0.2, 0.25) is 0 Å². The van der Waals surface area contributed by atoms with Crippen molar-refractivity contribution in [2.24, 2.45) is 4.99 Å². The van der Waals surface area contributed by atoms with Gasteiger partial charge in [-0.25, -0.2) is 9.57 Å². The van der Waals surface area contributed by atoms with Gasteiger partial charge in [0.05, 0.1) is 17.1 Å². The van der Waals surface area contributed by atoms with Gasteiger partial charge in [-0.1, -0.05) is 0 Å². The van der Waals surface area contributed by atoms with Crippen molar-refractivity contribution < 1.29 is 4.58 Å². The number of nitrogen functional groups attached to an aromatic ring is 2. The molecule has 1 aliphatic carbocycles. The summed E-state index contributed by atoms with van der Waals surface area (Å²) in [5, 5.41) is 0. The molecule has 4 heteroatoms. The molecule has 0 atom stereocenters. The summed E-state index contributed by atoms with van der Waals surface area (Å²) in [4.78, 5) is 4.54. The van der Waals surface area contributed by atoms with Crippen molar-refractivity contribution in [1.82, 2.24) is 0 Å². The van der Waals surface area contributed by atoms with Crippen molar-refractivity contribution in [3.63, 3.8) is 0 Å². The van der Waals surface area contributed by atoms with Crippen LogP contribution in [0.25, 0.3) is 0 Å². The fraction of sp³-hybridized carbons (Fsp3) is 0.200. The lowest BCUT2D eigenvalue weighted by atomic mass is 10.1. The van der Waals surface area contributed by atoms with Gasteiger partial charge in [-0.2, -0.15) is 0 Å². The molecule has 0 unspecified atom stereocenters. The summed E-state index contributed by atoms with van der Waals surface area (Å²) in [7, 11) is 4.01. The second kappa shape index (κ2) is 5.10. The Bertz CT molecular complexity index is 612. The zero-order valence-corrected chi connectivity index (χ0v) is 11.5. The van der Waals surface area contributed by atoms with Gasteiger partial charge in [-0.15, -0.1) is 0 Å². The monoisotopic (exact) mass is 255 g/mol. The molecule has 1 aromatic carbocycles. The number of hydrogen-bond donors (Lipinski definition) is 2. The first kappa shape index (κ1) is 13.1. The Hall–Kier alpha value is -2.36. The minimum atomic E-state index is 0.597. The molecule has 0 amide bonds. The summed E-state index contributed by atoms with van der Waals surface area (Å²) in [5.74, 6) is 0. The third-order valence-electron chi connectivity index (χ3n) is 3.03. The number of allylic oxidation sites excluding steroid dienone is 4. The Labute approximate surface area is 113 Å². The molecule has 0 saturated carbocycles. The Morgan fingerprint density at radius 2 is 1.58 bits per heavy atom. The highest BCUT2D eigenvalue weighted by Gasteiger charge is 2.07. The maximum Gasteiger partial charge on any atom is 0.199 e. The Kier molecular flexibility index (Phi) is 3.51. The first-order valence-electron chi connectivity index (χ1n) is 6.12. The molecule has 1 aromatic rings. The van der Waals surface area contributed by atoms with Crippen molar-refractivity contribution in [2.75, 3.05) is 25.6 Å². The second-order valence-electron chi connectivity index (χ2n) is 4.79. The standard InChI is InChI=1S/C15H18N4/c1-10-8-15(14(17)9-13(10)16)18-11-4-6-12(7-5-11)19(2)3/h4-9H,1-3H3,(H3,16,17)/p+1. The smallest absolute Gasteiger partial charge is 0.199 e. The fourth-order valence-electron chi connectivity index (χ4n) is 1.79. The van der Waals surface area contributed by atoms with Gasteiger partial charge in [0.25, 0.3) is 0 Å². The maximum atomic E-state index is 5.93. The zero-order chi connectivity index (χ0) is 14.0. The SMILES string of the molecule is Cc1cc(N=C2C=CC(=[N+](C)C)C=C2)c(N)cc1N. The van der Waals surface area contributed by atoms with Gasteiger partial charge in [-0.3, -0.25) is 0 Å². The van der Waals surface area contributed by atoms with E-state index in [9.17, 15) is 0 Å². The summed E-state index contributed by atoms with van der Waals surface area (Å²) in [6.45, 7) is 1.95. The van der Waals surface area contributed by atoms with Crippen LogP contribution in [-0.4, -0.2) is 30.1 Å². The number of hydrogen-bond acceptors (Lipinski definition) is 3. The van der Waals surface area contributed by atoms with E-state index in [1.54, 1.807) is 6.07 Å². The number of aryl methyl sites for hydroxylation is 1. The quantitative estimate of drug-likeness (QED) is 0.458. The molecule has 0 radical (unpaired) electrons. The Balaban J connectivity index is 2.35. The van der Waals surface area contributed by atoms with Crippen LogP contribution in [0, 0.1) is 6.92 Å². The van der Waals surface area contributed by atoms with Crippen LogP contribution < -0.4 is 11.5 Å². The zero-order valence-electron chi connectivity index (χ0n) is 11.5. The molecule has 2 rings (SSSR count). The molecule has 0 heterocycles. The summed E-state index contributed by atoms with van der Waals surface area (Å²) in [5.41, 5.74) is 16.8. The van der Waals surface area contributed by atoms with Crippen LogP contribution in [-0.2, 0) is 0 Å². The second-order valence-corrected chi connectivity index (χ2v) is 4.79. The molecule has 4 N–H and O–H groups in total. The minimum Gasteiger partial charge on any atom is -0.398 e. The van der Waals surface area contributed by atoms with E-state index in [4.69, 9.17) is 11.5 Å². The van der Waals surface area contributed by atoms with Crippen molar-refractivity contribution in [3.8, 4) is 0 Å². The van der Waals surface area contributed by atoms with Gasteiger partial charge >= 0.3 is 0 Å². The highest BCUT2D eigenvalue weighted by atomic mass is 14.9. The van der Waals surface area contributed by atoms with E-state index in [2.05, 4.69) is 4.99 Å². The molecule has 19 heavy (non-hydrogen) atoms. The third-order valence-corrected chi connectivity index (χ3v) is 3.03. The van der Waals surface area contributed by atoms with E-state index in [1.807, 2.05) is 56.0 Å². The third kappa shape index (κ3) is 2.91. The molecule has 0 bridgehead atoms. The summed E-state index contributed by atoms with van der Waals surface area (Å²) in [6, 6.07) is 3.66. The topological polar surface area (TPSA) is 67.4 Å². The van der Waals surface area contributed by atoms with Crippen molar-refractivity contribution >= 4 is 28.5 Å². The van der Waals surface area contributed by atoms with Crippen molar-refractivity contribution in [1.29, 1.82) is 0 Å². The largest absolute Gasteiger partial charge is 0.398 e. The predicted octanol–water partition coefficient (Wildman–Crippen LogP) is 2.07. The minimum absolute atomic E-state index is 0.597. The fourth-order valence-corrected chi connectivity index (χ4v) is 1.79. The first-order valence-corrected chi connectivity index (χ1v) is 6.12.